The summed E-state index contributed by atoms with van der Waals surface area (Å²) in [6.45, 7) is 5.14. The molecule has 1 aromatic carbocycles. The minimum absolute atomic E-state index is 0.165. The highest BCUT2D eigenvalue weighted by Gasteiger charge is 2.34. The first-order valence-electron chi connectivity index (χ1n) is 10.2. The third kappa shape index (κ3) is 3.87. The molecule has 2 saturated heterocycles. The molecule has 2 amide bonds. The number of hydrogen-bond acceptors (Lipinski definition) is 3. The van der Waals surface area contributed by atoms with Gasteiger partial charge in [-0.1, -0.05) is 12.8 Å². The Kier molecular flexibility index (Phi) is 5.14. The molecule has 2 heterocycles. The van der Waals surface area contributed by atoms with Crippen LogP contribution in [0.4, 0.5) is 5.69 Å². The molecule has 0 aromatic heterocycles. The Morgan fingerprint density at radius 2 is 1.35 bits per heavy atom. The summed E-state index contributed by atoms with van der Waals surface area (Å²) in [5.74, 6) is 0.826. The number of likely N-dealkylation sites (tertiary alicyclic amines) is 1. The molecular formula is C21H29N3O2. The average Bonchev–Trinajstić information content (AvgIpc) is 3.54. The standard InChI is InChI=1S/C21H29N3O2/c25-20(23-11-3-1-2-4-12-23)18-7-9-19(10-8-18)22-13-15-24(16-14-22)21(26)17-5-6-17/h7-10,17H,1-6,11-16H2. The van der Waals surface area contributed by atoms with E-state index >= 15 is 0 Å². The van der Waals surface area contributed by atoms with Crippen LogP contribution in [0.15, 0.2) is 24.3 Å². The van der Waals surface area contributed by atoms with Crippen molar-refractivity contribution < 1.29 is 9.59 Å². The van der Waals surface area contributed by atoms with E-state index in [2.05, 4.69) is 17.0 Å². The largest absolute Gasteiger partial charge is 0.368 e. The average molecular weight is 355 g/mol. The molecule has 0 bridgehead atoms. The van der Waals surface area contributed by atoms with Gasteiger partial charge in [0.2, 0.25) is 5.91 Å². The van der Waals surface area contributed by atoms with Crippen molar-refractivity contribution in [1.82, 2.24) is 9.80 Å². The van der Waals surface area contributed by atoms with Gasteiger partial charge in [0.1, 0.15) is 0 Å². The van der Waals surface area contributed by atoms with E-state index in [4.69, 9.17) is 0 Å². The van der Waals surface area contributed by atoms with Crippen molar-refractivity contribution in [1.29, 1.82) is 0 Å². The lowest BCUT2D eigenvalue weighted by Gasteiger charge is -2.36. The summed E-state index contributed by atoms with van der Waals surface area (Å²) < 4.78 is 0. The number of hydrogen-bond donors (Lipinski definition) is 0. The lowest BCUT2D eigenvalue weighted by Crippen LogP contribution is -2.49. The summed E-state index contributed by atoms with van der Waals surface area (Å²) in [6.07, 6.45) is 6.86. The monoisotopic (exact) mass is 355 g/mol. The summed E-state index contributed by atoms with van der Waals surface area (Å²) >= 11 is 0. The molecule has 1 aliphatic carbocycles. The van der Waals surface area contributed by atoms with Crippen LogP contribution in [0.1, 0.15) is 48.9 Å². The number of amides is 2. The molecule has 0 atom stereocenters. The van der Waals surface area contributed by atoms with Crippen molar-refractivity contribution in [3.05, 3.63) is 29.8 Å². The summed E-state index contributed by atoms with van der Waals surface area (Å²) in [6, 6.07) is 8.04. The van der Waals surface area contributed by atoms with Crippen molar-refractivity contribution >= 4 is 17.5 Å². The number of anilines is 1. The van der Waals surface area contributed by atoms with Crippen LogP contribution in [-0.2, 0) is 4.79 Å². The Morgan fingerprint density at radius 3 is 1.92 bits per heavy atom. The molecule has 1 aromatic rings. The fourth-order valence-electron chi connectivity index (χ4n) is 4.04. The quantitative estimate of drug-likeness (QED) is 0.837. The molecule has 26 heavy (non-hydrogen) atoms. The summed E-state index contributed by atoms with van der Waals surface area (Å²) in [5, 5.41) is 0. The van der Waals surface area contributed by atoms with Gasteiger partial charge in [0.05, 0.1) is 0 Å². The normalized spacial score (nSPS) is 21.5. The molecule has 5 heteroatoms. The predicted octanol–water partition coefficient (Wildman–Crippen LogP) is 2.76. The van der Waals surface area contributed by atoms with E-state index < -0.39 is 0 Å². The molecule has 0 N–H and O–H groups in total. The van der Waals surface area contributed by atoms with Crippen molar-refractivity contribution in [3.63, 3.8) is 0 Å². The van der Waals surface area contributed by atoms with E-state index in [1.807, 2.05) is 21.9 Å². The second kappa shape index (κ2) is 7.68. The second-order valence-electron chi connectivity index (χ2n) is 7.84. The van der Waals surface area contributed by atoms with Gasteiger partial charge in [-0.3, -0.25) is 9.59 Å². The van der Waals surface area contributed by atoms with Crippen LogP contribution in [0.2, 0.25) is 0 Å². The minimum Gasteiger partial charge on any atom is -0.368 e. The highest BCUT2D eigenvalue weighted by atomic mass is 16.2. The molecule has 4 rings (SSSR count). The van der Waals surface area contributed by atoms with E-state index in [9.17, 15) is 9.59 Å². The SMILES string of the molecule is O=C(c1ccc(N2CCN(C(=O)C3CC3)CC2)cc1)N1CCCCCC1. The number of nitrogens with zero attached hydrogens (tertiary/aromatic N) is 3. The number of carbonyl (C=O) groups excluding carboxylic acids is 2. The molecule has 0 radical (unpaired) electrons. The van der Waals surface area contributed by atoms with E-state index in [-0.39, 0.29) is 5.91 Å². The van der Waals surface area contributed by atoms with Gasteiger partial charge in [-0.15, -0.1) is 0 Å². The second-order valence-corrected chi connectivity index (χ2v) is 7.84. The summed E-state index contributed by atoms with van der Waals surface area (Å²) in [5.41, 5.74) is 1.94. The van der Waals surface area contributed by atoms with Crippen LogP contribution < -0.4 is 4.90 Å². The van der Waals surface area contributed by atoms with Gasteiger partial charge in [0.25, 0.3) is 5.91 Å². The molecule has 5 nitrogen and oxygen atoms in total. The van der Waals surface area contributed by atoms with E-state index in [0.29, 0.717) is 11.8 Å². The summed E-state index contributed by atoms with van der Waals surface area (Å²) in [7, 11) is 0. The smallest absolute Gasteiger partial charge is 0.253 e. The maximum Gasteiger partial charge on any atom is 0.253 e. The third-order valence-corrected chi connectivity index (χ3v) is 5.89. The maximum absolute atomic E-state index is 12.7. The van der Waals surface area contributed by atoms with E-state index in [1.54, 1.807) is 0 Å². The molecule has 0 unspecified atom stereocenters. The van der Waals surface area contributed by atoms with E-state index in [0.717, 1.165) is 76.2 Å². The van der Waals surface area contributed by atoms with Gasteiger partial charge in [0.15, 0.2) is 0 Å². The molecule has 3 fully saturated rings. The molecule has 2 aliphatic heterocycles. The first kappa shape index (κ1) is 17.4. The van der Waals surface area contributed by atoms with Gasteiger partial charge in [-0.05, 0) is 49.9 Å². The van der Waals surface area contributed by atoms with Crippen LogP contribution in [0.3, 0.4) is 0 Å². The van der Waals surface area contributed by atoms with Gasteiger partial charge >= 0.3 is 0 Å². The van der Waals surface area contributed by atoms with Crippen LogP contribution in [0, 0.1) is 5.92 Å². The van der Waals surface area contributed by atoms with Gasteiger partial charge in [-0.25, -0.2) is 0 Å². The number of carbonyl (C=O) groups is 2. The third-order valence-electron chi connectivity index (χ3n) is 5.89. The lowest BCUT2D eigenvalue weighted by atomic mass is 10.1. The Labute approximate surface area is 155 Å². The zero-order chi connectivity index (χ0) is 17.9. The number of piperazine rings is 1. The number of benzene rings is 1. The Balaban J connectivity index is 1.34. The first-order chi connectivity index (χ1) is 12.7. The first-order valence-corrected chi connectivity index (χ1v) is 10.2. The molecule has 140 valence electrons. The van der Waals surface area contributed by atoms with Crippen LogP contribution >= 0.6 is 0 Å². The van der Waals surface area contributed by atoms with Gasteiger partial charge in [0, 0.05) is 56.4 Å². The van der Waals surface area contributed by atoms with Crippen molar-refractivity contribution in [2.75, 3.05) is 44.2 Å². The van der Waals surface area contributed by atoms with Crippen LogP contribution in [-0.4, -0.2) is 60.9 Å². The van der Waals surface area contributed by atoms with Gasteiger partial charge in [-0.2, -0.15) is 0 Å². The number of rotatable bonds is 3. The van der Waals surface area contributed by atoms with Crippen molar-refractivity contribution in [2.24, 2.45) is 5.92 Å². The highest BCUT2D eigenvalue weighted by molar-refractivity contribution is 5.94. The fourth-order valence-corrected chi connectivity index (χ4v) is 4.04. The highest BCUT2D eigenvalue weighted by Crippen LogP contribution is 2.31. The molecule has 3 aliphatic rings. The van der Waals surface area contributed by atoms with Crippen LogP contribution in [0.25, 0.3) is 0 Å². The fraction of sp³-hybridized carbons (Fsp3) is 0.619. The minimum atomic E-state index is 0.165. The Hall–Kier alpha value is -2.04. The zero-order valence-corrected chi connectivity index (χ0v) is 15.5. The van der Waals surface area contributed by atoms with E-state index in [1.165, 1.54) is 12.8 Å². The topological polar surface area (TPSA) is 43.9 Å². The predicted molar refractivity (Wildman–Crippen MR) is 102 cm³/mol. The molecule has 0 spiro atoms. The van der Waals surface area contributed by atoms with Crippen LogP contribution in [0.5, 0.6) is 0 Å². The Bertz CT molecular complexity index is 638. The zero-order valence-electron chi connectivity index (χ0n) is 15.5. The van der Waals surface area contributed by atoms with Crippen molar-refractivity contribution in [3.8, 4) is 0 Å². The maximum atomic E-state index is 12.7. The van der Waals surface area contributed by atoms with Gasteiger partial charge < -0.3 is 14.7 Å². The lowest BCUT2D eigenvalue weighted by molar-refractivity contribution is -0.132. The molecule has 1 saturated carbocycles. The van der Waals surface area contributed by atoms with Crippen molar-refractivity contribution in [2.45, 2.75) is 38.5 Å². The molecular weight excluding hydrogens is 326 g/mol. The Morgan fingerprint density at radius 1 is 0.731 bits per heavy atom. The summed E-state index contributed by atoms with van der Waals surface area (Å²) in [4.78, 5) is 31.2.